The van der Waals surface area contributed by atoms with Crippen molar-refractivity contribution in [3.8, 4) is 11.5 Å². The van der Waals surface area contributed by atoms with Crippen LogP contribution in [0.15, 0.2) is 18.2 Å². The van der Waals surface area contributed by atoms with Crippen molar-refractivity contribution in [2.24, 2.45) is 5.73 Å². The number of methoxy groups -OCH3 is 1. The Morgan fingerprint density at radius 1 is 1.38 bits per heavy atom. The van der Waals surface area contributed by atoms with Crippen LogP contribution >= 0.6 is 12.2 Å². The van der Waals surface area contributed by atoms with Gasteiger partial charge in [-0.3, -0.25) is 4.39 Å². The van der Waals surface area contributed by atoms with E-state index in [0.29, 0.717) is 30.1 Å². The molecular weight excluding hydrogens is 229 g/mol. The number of benzene rings is 1. The smallest absolute Gasteiger partial charge is 0.123 e. The second-order valence-electron chi connectivity index (χ2n) is 3.15. The van der Waals surface area contributed by atoms with E-state index in [-0.39, 0.29) is 4.99 Å². The number of alkyl halides is 1. The molecule has 0 amide bonds. The average molecular weight is 243 g/mol. The van der Waals surface area contributed by atoms with Crippen LogP contribution in [-0.2, 0) is 0 Å². The van der Waals surface area contributed by atoms with Gasteiger partial charge in [-0.15, -0.1) is 0 Å². The highest BCUT2D eigenvalue weighted by molar-refractivity contribution is 7.80. The molecule has 0 spiro atoms. The van der Waals surface area contributed by atoms with Crippen molar-refractivity contribution < 1.29 is 13.9 Å². The maximum absolute atomic E-state index is 11.9. The van der Waals surface area contributed by atoms with E-state index in [4.69, 9.17) is 27.4 Å². The van der Waals surface area contributed by atoms with Crippen LogP contribution in [0, 0.1) is 0 Å². The van der Waals surface area contributed by atoms with E-state index >= 15 is 0 Å². The van der Waals surface area contributed by atoms with Crippen LogP contribution in [0.4, 0.5) is 4.39 Å². The summed E-state index contributed by atoms with van der Waals surface area (Å²) < 4.78 is 22.3. The number of thiocarbonyl (C=S) groups is 1. The van der Waals surface area contributed by atoms with E-state index in [0.717, 1.165) is 0 Å². The van der Waals surface area contributed by atoms with Crippen LogP contribution in [0.3, 0.4) is 0 Å². The summed E-state index contributed by atoms with van der Waals surface area (Å²) in [5.41, 5.74) is 6.19. The van der Waals surface area contributed by atoms with E-state index in [1.54, 1.807) is 25.3 Å². The van der Waals surface area contributed by atoms with Gasteiger partial charge in [0.15, 0.2) is 0 Å². The van der Waals surface area contributed by atoms with Gasteiger partial charge in [-0.05, 0) is 12.1 Å². The van der Waals surface area contributed by atoms with E-state index < -0.39 is 6.67 Å². The molecule has 0 bridgehead atoms. The molecule has 0 heterocycles. The fraction of sp³-hybridized carbons (Fsp3) is 0.364. The summed E-state index contributed by atoms with van der Waals surface area (Å²) in [6.45, 7) is -0.0768. The van der Waals surface area contributed by atoms with Gasteiger partial charge in [-0.1, -0.05) is 12.2 Å². The summed E-state index contributed by atoms with van der Waals surface area (Å²) in [5, 5.41) is 0. The molecule has 0 aliphatic heterocycles. The monoisotopic (exact) mass is 243 g/mol. The quantitative estimate of drug-likeness (QED) is 0.613. The molecule has 0 aromatic heterocycles. The Morgan fingerprint density at radius 3 is 2.62 bits per heavy atom. The SMILES string of the molecule is COc1cc(OCCCF)cc(C(N)=S)c1. The highest BCUT2D eigenvalue weighted by Gasteiger charge is 2.04. The van der Waals surface area contributed by atoms with Gasteiger partial charge < -0.3 is 15.2 Å². The summed E-state index contributed by atoms with van der Waals surface area (Å²) in [5.74, 6) is 1.19. The molecule has 0 fully saturated rings. The van der Waals surface area contributed by atoms with Crippen LogP contribution in [0.1, 0.15) is 12.0 Å². The number of rotatable bonds is 6. The van der Waals surface area contributed by atoms with E-state index in [1.807, 2.05) is 0 Å². The van der Waals surface area contributed by atoms with Gasteiger partial charge in [0.25, 0.3) is 0 Å². The number of halogens is 1. The normalized spacial score (nSPS) is 9.88. The standard InChI is InChI=1S/C11H14FNO2S/c1-14-9-5-8(11(13)16)6-10(7-9)15-4-2-3-12/h5-7H,2-4H2,1H3,(H2,13,16). The number of hydrogen-bond acceptors (Lipinski definition) is 3. The predicted molar refractivity (Wildman–Crippen MR) is 65.0 cm³/mol. The molecule has 0 saturated carbocycles. The minimum absolute atomic E-state index is 0.272. The van der Waals surface area contributed by atoms with Crippen LogP contribution in [-0.4, -0.2) is 25.4 Å². The molecule has 0 atom stereocenters. The molecule has 2 N–H and O–H groups in total. The lowest BCUT2D eigenvalue weighted by Gasteiger charge is -2.09. The molecule has 0 unspecified atom stereocenters. The molecule has 0 radical (unpaired) electrons. The van der Waals surface area contributed by atoms with Gasteiger partial charge in [-0.2, -0.15) is 0 Å². The minimum atomic E-state index is -0.397. The van der Waals surface area contributed by atoms with E-state index in [1.165, 1.54) is 0 Å². The van der Waals surface area contributed by atoms with E-state index in [9.17, 15) is 4.39 Å². The van der Waals surface area contributed by atoms with Gasteiger partial charge in [-0.25, -0.2) is 0 Å². The van der Waals surface area contributed by atoms with Crippen molar-refractivity contribution in [3.63, 3.8) is 0 Å². The number of hydrogen-bond donors (Lipinski definition) is 1. The van der Waals surface area contributed by atoms with Gasteiger partial charge >= 0.3 is 0 Å². The van der Waals surface area contributed by atoms with Crippen molar-refractivity contribution in [1.29, 1.82) is 0 Å². The maximum atomic E-state index is 11.9. The Labute approximate surface area is 99.3 Å². The molecule has 0 aliphatic rings. The second-order valence-corrected chi connectivity index (χ2v) is 3.59. The maximum Gasteiger partial charge on any atom is 0.123 e. The number of ether oxygens (including phenoxy) is 2. The first-order chi connectivity index (χ1) is 7.67. The van der Waals surface area contributed by atoms with Crippen LogP contribution in [0.5, 0.6) is 11.5 Å². The summed E-state index contributed by atoms with van der Waals surface area (Å²) in [6, 6.07) is 5.15. The third-order valence-corrected chi connectivity index (χ3v) is 2.18. The van der Waals surface area contributed by atoms with Gasteiger partial charge in [0.2, 0.25) is 0 Å². The topological polar surface area (TPSA) is 44.5 Å². The van der Waals surface area contributed by atoms with Crippen LogP contribution < -0.4 is 15.2 Å². The molecule has 1 rings (SSSR count). The Morgan fingerprint density at radius 2 is 2.06 bits per heavy atom. The zero-order valence-corrected chi connectivity index (χ0v) is 9.85. The summed E-state index contributed by atoms with van der Waals surface area (Å²) >= 11 is 4.87. The summed E-state index contributed by atoms with van der Waals surface area (Å²) in [4.78, 5) is 0.272. The van der Waals surface area contributed by atoms with Crippen molar-refractivity contribution in [2.75, 3.05) is 20.4 Å². The molecule has 16 heavy (non-hydrogen) atoms. The number of nitrogens with two attached hydrogens (primary N) is 1. The fourth-order valence-corrected chi connectivity index (χ4v) is 1.28. The van der Waals surface area contributed by atoms with Crippen LogP contribution in [0.2, 0.25) is 0 Å². The molecule has 88 valence electrons. The largest absolute Gasteiger partial charge is 0.497 e. The predicted octanol–water partition coefficient (Wildman–Crippen LogP) is 2.07. The van der Waals surface area contributed by atoms with Crippen molar-refractivity contribution in [1.82, 2.24) is 0 Å². The minimum Gasteiger partial charge on any atom is -0.497 e. The molecule has 0 saturated heterocycles. The lowest BCUT2D eigenvalue weighted by atomic mass is 10.2. The summed E-state index contributed by atoms with van der Waals surface area (Å²) in [7, 11) is 1.55. The molecule has 5 heteroatoms. The fourth-order valence-electron chi connectivity index (χ4n) is 1.16. The van der Waals surface area contributed by atoms with Crippen molar-refractivity contribution in [3.05, 3.63) is 23.8 Å². The third-order valence-electron chi connectivity index (χ3n) is 1.95. The van der Waals surface area contributed by atoms with Gasteiger partial charge in [0.05, 0.1) is 20.4 Å². The van der Waals surface area contributed by atoms with Gasteiger partial charge in [0.1, 0.15) is 16.5 Å². The second kappa shape index (κ2) is 6.27. The lowest BCUT2D eigenvalue weighted by Crippen LogP contribution is -2.10. The Hall–Kier alpha value is -1.36. The molecule has 3 nitrogen and oxygen atoms in total. The zero-order chi connectivity index (χ0) is 12.0. The summed E-state index contributed by atoms with van der Waals surface area (Å²) in [6.07, 6.45) is 0.361. The Kier molecular flexibility index (Phi) is 4.98. The average Bonchev–Trinajstić information content (AvgIpc) is 2.29. The van der Waals surface area contributed by atoms with Crippen LogP contribution in [0.25, 0.3) is 0 Å². The molecular formula is C11H14FNO2S. The van der Waals surface area contributed by atoms with Crippen molar-refractivity contribution in [2.45, 2.75) is 6.42 Å². The van der Waals surface area contributed by atoms with E-state index in [2.05, 4.69) is 0 Å². The Balaban J connectivity index is 2.82. The lowest BCUT2D eigenvalue weighted by molar-refractivity contribution is 0.288. The molecule has 1 aromatic carbocycles. The first kappa shape index (κ1) is 12.7. The highest BCUT2D eigenvalue weighted by atomic mass is 32.1. The first-order valence-corrected chi connectivity index (χ1v) is 5.26. The Bertz CT molecular complexity index is 371. The van der Waals surface area contributed by atoms with Gasteiger partial charge in [0, 0.05) is 18.1 Å². The first-order valence-electron chi connectivity index (χ1n) is 4.85. The zero-order valence-electron chi connectivity index (χ0n) is 9.03. The molecule has 0 aliphatic carbocycles. The van der Waals surface area contributed by atoms with Crippen molar-refractivity contribution >= 4 is 17.2 Å². The third kappa shape index (κ3) is 3.66. The molecule has 1 aromatic rings. The highest BCUT2D eigenvalue weighted by Crippen LogP contribution is 2.22.